The topological polar surface area (TPSA) is 9.23 Å². The molecule has 4 rings (SSSR count). The smallest absolute Gasteiger partial charge is 0.159 e. The molecule has 0 radical (unpaired) electrons. The van der Waals surface area contributed by atoms with Crippen molar-refractivity contribution in [2.45, 2.75) is 64.7 Å². The molecule has 0 saturated heterocycles. The molecule has 0 N–H and O–H groups in total. The van der Waals surface area contributed by atoms with Gasteiger partial charge in [0.1, 0.15) is 17.4 Å². The van der Waals surface area contributed by atoms with Crippen LogP contribution in [0, 0.1) is 23.3 Å². The van der Waals surface area contributed by atoms with Gasteiger partial charge < -0.3 is 4.74 Å². The highest BCUT2D eigenvalue weighted by atomic mass is 19.2. The Hall–Kier alpha value is -3.34. The first-order valence-electron chi connectivity index (χ1n) is 13.5. The minimum Gasteiger partial charge on any atom is -0.493 e. The molecule has 0 atom stereocenters. The summed E-state index contributed by atoms with van der Waals surface area (Å²) in [5.74, 6) is -1.80. The molecule has 0 bridgehead atoms. The van der Waals surface area contributed by atoms with Crippen LogP contribution in [0.15, 0.2) is 66.7 Å². The molecule has 0 amide bonds. The maximum Gasteiger partial charge on any atom is 0.159 e. The third kappa shape index (κ3) is 7.37. The molecule has 0 heterocycles. The quantitative estimate of drug-likeness (QED) is 0.126. The zero-order chi connectivity index (χ0) is 26.9. The molecular formula is C33H34F4O. The van der Waals surface area contributed by atoms with Gasteiger partial charge in [-0.15, -0.1) is 0 Å². The fraction of sp³-hybridized carbons (Fsp3) is 0.333. The first-order valence-corrected chi connectivity index (χ1v) is 13.5. The highest BCUT2D eigenvalue weighted by Crippen LogP contribution is 2.25. The number of fused-ring (bicyclic) bond motifs is 1. The third-order valence-electron chi connectivity index (χ3n) is 6.99. The van der Waals surface area contributed by atoms with Crippen molar-refractivity contribution in [3.05, 3.63) is 112 Å². The first kappa shape index (κ1) is 27.7. The van der Waals surface area contributed by atoms with E-state index < -0.39 is 11.6 Å². The molecule has 0 spiro atoms. The second-order valence-electron chi connectivity index (χ2n) is 9.86. The molecule has 0 saturated carbocycles. The Morgan fingerprint density at radius 1 is 0.579 bits per heavy atom. The van der Waals surface area contributed by atoms with Gasteiger partial charge in [0, 0.05) is 11.5 Å². The van der Waals surface area contributed by atoms with E-state index in [1.807, 2.05) is 24.3 Å². The summed E-state index contributed by atoms with van der Waals surface area (Å²) in [6.07, 6.45) is 7.69. The van der Waals surface area contributed by atoms with Gasteiger partial charge in [-0.2, -0.15) is 0 Å². The lowest BCUT2D eigenvalue weighted by atomic mass is 9.97. The summed E-state index contributed by atoms with van der Waals surface area (Å²) in [6, 6.07) is 18.0. The lowest BCUT2D eigenvalue weighted by Gasteiger charge is -2.10. The molecule has 1 nitrogen and oxygen atoms in total. The Morgan fingerprint density at radius 2 is 1.29 bits per heavy atom. The number of rotatable bonds is 13. The second kappa shape index (κ2) is 13.5. The lowest BCUT2D eigenvalue weighted by Crippen LogP contribution is -2.00. The highest BCUT2D eigenvalue weighted by molar-refractivity contribution is 5.84. The second-order valence-corrected chi connectivity index (χ2v) is 9.86. The zero-order valence-corrected chi connectivity index (χ0v) is 21.8. The van der Waals surface area contributed by atoms with E-state index in [-0.39, 0.29) is 11.6 Å². The summed E-state index contributed by atoms with van der Waals surface area (Å²) < 4.78 is 62.1. The summed E-state index contributed by atoms with van der Waals surface area (Å²) >= 11 is 0. The van der Waals surface area contributed by atoms with Crippen LogP contribution in [0.5, 0.6) is 5.75 Å². The minimum atomic E-state index is -0.897. The summed E-state index contributed by atoms with van der Waals surface area (Å²) in [5.41, 5.74) is 2.77. The number of hydrogen-bond acceptors (Lipinski definition) is 1. The summed E-state index contributed by atoms with van der Waals surface area (Å²) in [4.78, 5) is 0. The monoisotopic (exact) mass is 522 g/mol. The molecule has 0 aliphatic carbocycles. The van der Waals surface area contributed by atoms with Crippen LogP contribution in [0.4, 0.5) is 17.6 Å². The van der Waals surface area contributed by atoms with Crippen molar-refractivity contribution in [2.75, 3.05) is 6.61 Å². The number of aryl methyl sites for hydroxylation is 4. The molecule has 0 unspecified atom stereocenters. The van der Waals surface area contributed by atoms with Gasteiger partial charge in [-0.1, -0.05) is 75.1 Å². The van der Waals surface area contributed by atoms with E-state index in [9.17, 15) is 13.2 Å². The number of benzene rings is 4. The van der Waals surface area contributed by atoms with Crippen molar-refractivity contribution in [3.63, 3.8) is 0 Å². The molecule has 0 aliphatic heterocycles. The van der Waals surface area contributed by atoms with Gasteiger partial charge in [0.05, 0.1) is 6.61 Å². The normalized spacial score (nSPS) is 11.3. The Kier molecular flexibility index (Phi) is 9.80. The van der Waals surface area contributed by atoms with Crippen LogP contribution in [0.3, 0.4) is 0 Å². The van der Waals surface area contributed by atoms with Crippen LogP contribution in [0.25, 0.3) is 10.8 Å². The average molecular weight is 523 g/mol. The van der Waals surface area contributed by atoms with Crippen molar-refractivity contribution in [3.8, 4) is 5.75 Å². The summed E-state index contributed by atoms with van der Waals surface area (Å²) in [7, 11) is 0. The van der Waals surface area contributed by atoms with Crippen LogP contribution < -0.4 is 4.74 Å². The standard InChI is InChI=1S/C33H34F4O/c1-2-3-4-5-6-19-38-28-16-15-25(31(35)22-28)11-7-23-9-17-29-27(20-23)14-13-26(33(29)37)12-8-24-10-18-30(34)32(36)21-24/h9-10,13-18,20-22H,2-8,11-12,19H2,1H3. The van der Waals surface area contributed by atoms with Crippen LogP contribution in [0.2, 0.25) is 0 Å². The van der Waals surface area contributed by atoms with E-state index in [1.54, 1.807) is 18.2 Å². The predicted octanol–water partition coefficient (Wildman–Crippen LogP) is 9.32. The summed E-state index contributed by atoms with van der Waals surface area (Å²) in [6.45, 7) is 2.78. The fourth-order valence-electron chi connectivity index (χ4n) is 4.70. The maximum atomic E-state index is 15.2. The molecule has 0 aromatic heterocycles. The largest absolute Gasteiger partial charge is 0.493 e. The average Bonchev–Trinajstić information content (AvgIpc) is 2.91. The predicted molar refractivity (Wildman–Crippen MR) is 146 cm³/mol. The van der Waals surface area contributed by atoms with E-state index in [0.717, 1.165) is 35.9 Å². The fourth-order valence-corrected chi connectivity index (χ4v) is 4.70. The molecular weight excluding hydrogens is 488 g/mol. The Bertz CT molecular complexity index is 1360. The lowest BCUT2D eigenvalue weighted by molar-refractivity contribution is 0.303. The summed E-state index contributed by atoms with van der Waals surface area (Å²) in [5, 5.41) is 1.29. The Morgan fingerprint density at radius 3 is 2.05 bits per heavy atom. The van der Waals surface area contributed by atoms with Gasteiger partial charge >= 0.3 is 0 Å². The van der Waals surface area contributed by atoms with Crippen molar-refractivity contribution in [2.24, 2.45) is 0 Å². The van der Waals surface area contributed by atoms with Crippen LogP contribution in [0.1, 0.15) is 61.3 Å². The number of ether oxygens (including phenoxy) is 1. The van der Waals surface area contributed by atoms with Crippen LogP contribution >= 0.6 is 0 Å². The minimum absolute atomic E-state index is 0.272. The van der Waals surface area contributed by atoms with Gasteiger partial charge in [-0.25, -0.2) is 17.6 Å². The van der Waals surface area contributed by atoms with Crippen molar-refractivity contribution in [1.82, 2.24) is 0 Å². The maximum absolute atomic E-state index is 15.2. The van der Waals surface area contributed by atoms with E-state index in [1.165, 1.54) is 31.4 Å². The molecule has 4 aromatic rings. The zero-order valence-electron chi connectivity index (χ0n) is 21.8. The van der Waals surface area contributed by atoms with Gasteiger partial charge in [-0.3, -0.25) is 0 Å². The molecule has 38 heavy (non-hydrogen) atoms. The van der Waals surface area contributed by atoms with Crippen LogP contribution in [-0.4, -0.2) is 6.61 Å². The molecule has 5 heteroatoms. The van der Waals surface area contributed by atoms with E-state index >= 15 is 4.39 Å². The molecule has 0 aliphatic rings. The number of halogens is 4. The Labute approximate surface area is 222 Å². The van der Waals surface area contributed by atoms with Gasteiger partial charge in [-0.05, 0) is 77.9 Å². The number of hydrogen-bond donors (Lipinski definition) is 0. The highest BCUT2D eigenvalue weighted by Gasteiger charge is 2.11. The number of unbranched alkanes of at least 4 members (excludes halogenated alkanes) is 4. The molecule has 200 valence electrons. The van der Waals surface area contributed by atoms with Gasteiger partial charge in [0.15, 0.2) is 11.6 Å². The van der Waals surface area contributed by atoms with Crippen molar-refractivity contribution >= 4 is 10.8 Å². The van der Waals surface area contributed by atoms with Gasteiger partial charge in [0.2, 0.25) is 0 Å². The SMILES string of the molecule is CCCCCCCOc1ccc(CCc2ccc3c(F)c(CCc4ccc(F)c(F)c4)ccc3c2)c(F)c1. The van der Waals surface area contributed by atoms with E-state index in [0.29, 0.717) is 60.1 Å². The van der Waals surface area contributed by atoms with Crippen molar-refractivity contribution in [1.29, 1.82) is 0 Å². The third-order valence-corrected chi connectivity index (χ3v) is 6.99. The van der Waals surface area contributed by atoms with E-state index in [4.69, 9.17) is 4.74 Å². The van der Waals surface area contributed by atoms with Gasteiger partial charge in [0.25, 0.3) is 0 Å². The van der Waals surface area contributed by atoms with E-state index in [2.05, 4.69) is 6.92 Å². The Balaban J connectivity index is 1.33. The van der Waals surface area contributed by atoms with Crippen molar-refractivity contribution < 1.29 is 22.3 Å². The first-order chi connectivity index (χ1) is 18.4. The molecule has 4 aromatic carbocycles. The van der Waals surface area contributed by atoms with Crippen LogP contribution in [-0.2, 0) is 25.7 Å². The molecule has 0 fully saturated rings.